The summed E-state index contributed by atoms with van der Waals surface area (Å²) in [5.74, 6) is 0.597. The van der Waals surface area contributed by atoms with Gasteiger partial charge in [-0.25, -0.2) is 0 Å². The summed E-state index contributed by atoms with van der Waals surface area (Å²) in [6.45, 7) is 1.96. The van der Waals surface area contributed by atoms with Crippen LogP contribution in [0.1, 0.15) is 16.7 Å². The number of amides is 1. The van der Waals surface area contributed by atoms with E-state index in [1.165, 1.54) is 0 Å². The molecule has 2 heterocycles. The summed E-state index contributed by atoms with van der Waals surface area (Å²) in [4.78, 5) is 12.8. The summed E-state index contributed by atoms with van der Waals surface area (Å²) in [5, 5.41) is 4.50. The van der Waals surface area contributed by atoms with E-state index in [1.807, 2.05) is 84.3 Å². The number of anilines is 1. The van der Waals surface area contributed by atoms with E-state index in [0.29, 0.717) is 10.7 Å². The molecule has 3 aromatic carbocycles. The fourth-order valence-corrected chi connectivity index (χ4v) is 4.38. The number of carbonyl (C=O) groups is 1. The van der Waals surface area contributed by atoms with E-state index >= 15 is 0 Å². The van der Waals surface area contributed by atoms with Crippen molar-refractivity contribution in [2.75, 3.05) is 12.4 Å². The van der Waals surface area contributed by atoms with Crippen LogP contribution in [-0.2, 0) is 4.79 Å². The van der Waals surface area contributed by atoms with Gasteiger partial charge in [-0.05, 0) is 48.9 Å². The topological polar surface area (TPSA) is 43.3 Å². The van der Waals surface area contributed by atoms with Crippen molar-refractivity contribution in [3.63, 3.8) is 0 Å². The van der Waals surface area contributed by atoms with E-state index in [9.17, 15) is 4.79 Å². The Hall–Kier alpha value is -3.50. The van der Waals surface area contributed by atoms with Gasteiger partial charge in [-0.15, -0.1) is 0 Å². The molecule has 30 heavy (non-hydrogen) atoms. The SMILES string of the molecule is COc1cc2c(cc1C)NC(=O)/C2=C/c1c(Cl)n(-c2ccccc2)c2ccccc12. The van der Waals surface area contributed by atoms with Gasteiger partial charge in [-0.3, -0.25) is 9.36 Å². The standard InChI is InChI=1S/C25H19ClN2O2/c1-15-12-21-18(14-23(15)30-2)20(25(29)27-21)13-19-17-10-6-7-11-22(17)28(24(19)26)16-8-4-3-5-9-16/h3-14H,1-2H3,(H,27,29)/b20-13+. The lowest BCUT2D eigenvalue weighted by atomic mass is 10.0. The normalized spacial score (nSPS) is 14.2. The molecule has 5 rings (SSSR count). The van der Waals surface area contributed by atoms with Gasteiger partial charge >= 0.3 is 0 Å². The number of benzene rings is 3. The number of nitrogens with zero attached hydrogens (tertiary/aromatic N) is 1. The quantitative estimate of drug-likeness (QED) is 0.412. The smallest absolute Gasteiger partial charge is 0.256 e. The van der Waals surface area contributed by atoms with Gasteiger partial charge in [-0.2, -0.15) is 0 Å². The van der Waals surface area contributed by atoms with Crippen LogP contribution in [0.25, 0.3) is 28.2 Å². The van der Waals surface area contributed by atoms with Gasteiger partial charge in [0.05, 0.1) is 12.6 Å². The van der Waals surface area contributed by atoms with Crippen LogP contribution in [0.4, 0.5) is 5.69 Å². The van der Waals surface area contributed by atoms with Crippen LogP contribution in [0.3, 0.4) is 0 Å². The molecule has 0 aliphatic carbocycles. The number of hydrogen-bond donors (Lipinski definition) is 1. The predicted molar refractivity (Wildman–Crippen MR) is 123 cm³/mol. The van der Waals surface area contributed by atoms with Crippen molar-refractivity contribution < 1.29 is 9.53 Å². The Morgan fingerprint density at radius 3 is 2.53 bits per heavy atom. The van der Waals surface area contributed by atoms with Crippen LogP contribution in [-0.4, -0.2) is 17.6 Å². The van der Waals surface area contributed by atoms with E-state index in [1.54, 1.807) is 7.11 Å². The van der Waals surface area contributed by atoms with E-state index in [-0.39, 0.29) is 5.91 Å². The van der Waals surface area contributed by atoms with E-state index in [2.05, 4.69) is 5.32 Å². The van der Waals surface area contributed by atoms with Crippen LogP contribution >= 0.6 is 11.6 Å². The van der Waals surface area contributed by atoms with Crippen molar-refractivity contribution in [3.8, 4) is 11.4 Å². The molecule has 0 atom stereocenters. The van der Waals surface area contributed by atoms with Gasteiger partial charge < -0.3 is 10.1 Å². The second-order valence-corrected chi connectivity index (χ2v) is 7.63. The third-order valence-electron chi connectivity index (χ3n) is 5.47. The van der Waals surface area contributed by atoms with Crippen LogP contribution < -0.4 is 10.1 Å². The number of rotatable bonds is 3. The Balaban J connectivity index is 1.76. The largest absolute Gasteiger partial charge is 0.496 e. The van der Waals surface area contributed by atoms with Gasteiger partial charge in [0, 0.05) is 33.5 Å². The second kappa shape index (κ2) is 7.08. The molecule has 0 saturated carbocycles. The molecule has 4 nitrogen and oxygen atoms in total. The number of methoxy groups -OCH3 is 1. The monoisotopic (exact) mass is 414 g/mol. The average Bonchev–Trinajstić information content (AvgIpc) is 3.21. The lowest BCUT2D eigenvalue weighted by Crippen LogP contribution is -2.03. The highest BCUT2D eigenvalue weighted by molar-refractivity contribution is 6.38. The lowest BCUT2D eigenvalue weighted by molar-refractivity contribution is -0.110. The van der Waals surface area contributed by atoms with Crippen LogP contribution in [0.15, 0.2) is 66.7 Å². The van der Waals surface area contributed by atoms with Crippen LogP contribution in [0.5, 0.6) is 5.75 Å². The number of nitrogens with one attached hydrogen (secondary N) is 1. The number of halogens is 1. The Kier molecular flexibility index (Phi) is 4.37. The second-order valence-electron chi connectivity index (χ2n) is 7.27. The van der Waals surface area contributed by atoms with Crippen molar-refractivity contribution in [1.29, 1.82) is 0 Å². The minimum absolute atomic E-state index is 0.148. The number of hydrogen-bond acceptors (Lipinski definition) is 2. The molecule has 5 heteroatoms. The molecule has 0 bridgehead atoms. The Morgan fingerprint density at radius 1 is 1.03 bits per heavy atom. The van der Waals surface area contributed by atoms with Crippen molar-refractivity contribution in [2.24, 2.45) is 0 Å². The fourth-order valence-electron chi connectivity index (χ4n) is 4.03. The zero-order valence-corrected chi connectivity index (χ0v) is 17.3. The van der Waals surface area contributed by atoms with E-state index in [0.717, 1.165) is 44.7 Å². The van der Waals surface area contributed by atoms with Crippen molar-refractivity contribution in [2.45, 2.75) is 6.92 Å². The third kappa shape index (κ3) is 2.80. The molecule has 1 aliphatic heterocycles. The van der Waals surface area contributed by atoms with Gasteiger partial charge in [-0.1, -0.05) is 48.0 Å². The summed E-state index contributed by atoms with van der Waals surface area (Å²) >= 11 is 6.89. The van der Waals surface area contributed by atoms with Crippen molar-refractivity contribution >= 4 is 45.7 Å². The van der Waals surface area contributed by atoms with Crippen molar-refractivity contribution in [1.82, 2.24) is 4.57 Å². The number of carbonyl (C=O) groups excluding carboxylic acids is 1. The van der Waals surface area contributed by atoms with Crippen LogP contribution in [0.2, 0.25) is 5.15 Å². The fraction of sp³-hybridized carbons (Fsp3) is 0.0800. The highest BCUT2D eigenvalue weighted by atomic mass is 35.5. The molecular weight excluding hydrogens is 396 g/mol. The molecule has 0 radical (unpaired) electrons. The first-order valence-electron chi connectivity index (χ1n) is 9.65. The zero-order chi connectivity index (χ0) is 20.8. The number of para-hydroxylation sites is 2. The Bertz CT molecular complexity index is 1340. The molecule has 1 aromatic heterocycles. The first kappa shape index (κ1) is 18.5. The Labute approximate surface area is 179 Å². The third-order valence-corrected chi connectivity index (χ3v) is 5.85. The molecule has 1 amide bonds. The lowest BCUT2D eigenvalue weighted by Gasteiger charge is -2.07. The average molecular weight is 415 g/mol. The molecule has 1 N–H and O–H groups in total. The first-order chi connectivity index (χ1) is 14.6. The maximum absolute atomic E-state index is 12.8. The first-order valence-corrected chi connectivity index (χ1v) is 10.0. The molecule has 4 aromatic rings. The van der Waals surface area contributed by atoms with Crippen molar-refractivity contribution in [3.05, 3.63) is 88.6 Å². The summed E-state index contributed by atoms with van der Waals surface area (Å²) in [5.41, 5.74) is 5.91. The summed E-state index contributed by atoms with van der Waals surface area (Å²) in [6, 6.07) is 21.8. The molecule has 0 spiro atoms. The molecule has 0 fully saturated rings. The summed E-state index contributed by atoms with van der Waals surface area (Å²) in [6.07, 6.45) is 1.88. The maximum Gasteiger partial charge on any atom is 0.256 e. The predicted octanol–water partition coefficient (Wildman–Crippen LogP) is 6.09. The molecule has 0 saturated heterocycles. The molecule has 148 valence electrons. The molecular formula is C25H19ClN2O2. The summed E-state index contributed by atoms with van der Waals surface area (Å²) < 4.78 is 7.47. The van der Waals surface area contributed by atoms with E-state index < -0.39 is 0 Å². The zero-order valence-electron chi connectivity index (χ0n) is 16.6. The highest BCUT2D eigenvalue weighted by Crippen LogP contribution is 2.40. The van der Waals surface area contributed by atoms with Gasteiger partial charge in [0.25, 0.3) is 5.91 Å². The highest BCUT2D eigenvalue weighted by Gasteiger charge is 2.27. The minimum atomic E-state index is -0.148. The van der Waals surface area contributed by atoms with Gasteiger partial charge in [0.2, 0.25) is 0 Å². The van der Waals surface area contributed by atoms with Crippen LogP contribution in [0, 0.1) is 6.92 Å². The Morgan fingerprint density at radius 2 is 1.77 bits per heavy atom. The van der Waals surface area contributed by atoms with Gasteiger partial charge in [0.1, 0.15) is 10.9 Å². The number of ether oxygens (including phenoxy) is 1. The summed E-state index contributed by atoms with van der Waals surface area (Å²) in [7, 11) is 1.63. The van der Waals surface area contributed by atoms with Gasteiger partial charge in [0.15, 0.2) is 0 Å². The number of aryl methyl sites for hydroxylation is 1. The number of aromatic nitrogens is 1. The number of fused-ring (bicyclic) bond motifs is 2. The molecule has 0 unspecified atom stereocenters. The minimum Gasteiger partial charge on any atom is -0.496 e. The molecule has 1 aliphatic rings. The van der Waals surface area contributed by atoms with E-state index in [4.69, 9.17) is 16.3 Å². The maximum atomic E-state index is 12.8.